The summed E-state index contributed by atoms with van der Waals surface area (Å²) < 4.78 is 5.53. The van der Waals surface area contributed by atoms with Crippen LogP contribution in [0.25, 0.3) is 0 Å². The molecule has 0 amide bonds. The fourth-order valence-electron chi connectivity index (χ4n) is 3.41. The quantitative estimate of drug-likeness (QED) is 0.868. The van der Waals surface area contributed by atoms with Crippen LogP contribution in [0.3, 0.4) is 0 Å². The lowest BCUT2D eigenvalue weighted by Gasteiger charge is -2.30. The Bertz CT molecular complexity index is 337. The van der Waals surface area contributed by atoms with E-state index in [1.807, 2.05) is 6.07 Å². The van der Waals surface area contributed by atoms with Gasteiger partial charge in [0.15, 0.2) is 0 Å². The topological polar surface area (TPSA) is 28.4 Å². The van der Waals surface area contributed by atoms with E-state index in [-0.39, 0.29) is 0 Å². The van der Waals surface area contributed by atoms with Crippen LogP contribution >= 0.6 is 0 Å². The molecule has 1 saturated carbocycles. The standard InChI is InChI=1S/C15H24N2O/c1-2-7-14(6-1)17(11-13-5-3-9-16-13)12-15-8-4-10-18-15/h4,8,10,13-14,16H,1-3,5-7,9,11-12H2/t13-/m1/s1. The second-order valence-electron chi connectivity index (χ2n) is 5.74. The monoisotopic (exact) mass is 248 g/mol. The maximum atomic E-state index is 5.53. The smallest absolute Gasteiger partial charge is 0.117 e. The van der Waals surface area contributed by atoms with Gasteiger partial charge in [-0.1, -0.05) is 12.8 Å². The van der Waals surface area contributed by atoms with E-state index in [1.165, 1.54) is 51.6 Å². The average molecular weight is 248 g/mol. The maximum absolute atomic E-state index is 5.53. The number of hydrogen-bond acceptors (Lipinski definition) is 3. The third-order valence-corrected chi connectivity index (χ3v) is 4.40. The van der Waals surface area contributed by atoms with E-state index in [2.05, 4.69) is 16.3 Å². The van der Waals surface area contributed by atoms with Crippen LogP contribution in [0.5, 0.6) is 0 Å². The van der Waals surface area contributed by atoms with Crippen molar-refractivity contribution in [1.29, 1.82) is 0 Å². The molecule has 2 aliphatic rings. The molecule has 1 saturated heterocycles. The minimum absolute atomic E-state index is 0.695. The summed E-state index contributed by atoms with van der Waals surface area (Å²) in [5.41, 5.74) is 0. The van der Waals surface area contributed by atoms with Crippen LogP contribution in [0.4, 0.5) is 0 Å². The Labute approximate surface area is 110 Å². The lowest BCUT2D eigenvalue weighted by atomic mass is 10.1. The van der Waals surface area contributed by atoms with Crippen LogP contribution < -0.4 is 5.32 Å². The van der Waals surface area contributed by atoms with Crippen molar-refractivity contribution in [3.63, 3.8) is 0 Å². The van der Waals surface area contributed by atoms with Gasteiger partial charge in [-0.05, 0) is 44.4 Å². The Morgan fingerprint density at radius 3 is 2.78 bits per heavy atom. The molecule has 2 heterocycles. The number of rotatable bonds is 5. The Morgan fingerprint density at radius 1 is 1.22 bits per heavy atom. The summed E-state index contributed by atoms with van der Waals surface area (Å²) in [5.74, 6) is 1.11. The van der Waals surface area contributed by atoms with E-state index in [0.29, 0.717) is 6.04 Å². The molecule has 0 aromatic carbocycles. The van der Waals surface area contributed by atoms with E-state index in [4.69, 9.17) is 4.42 Å². The van der Waals surface area contributed by atoms with Gasteiger partial charge in [-0.15, -0.1) is 0 Å². The highest BCUT2D eigenvalue weighted by atomic mass is 16.3. The summed E-state index contributed by atoms with van der Waals surface area (Å²) >= 11 is 0. The van der Waals surface area contributed by atoms with Crippen LogP contribution in [-0.4, -0.2) is 30.1 Å². The van der Waals surface area contributed by atoms with Crippen LogP contribution in [0, 0.1) is 0 Å². The summed E-state index contributed by atoms with van der Waals surface area (Å²) in [7, 11) is 0. The van der Waals surface area contributed by atoms with Gasteiger partial charge in [-0.3, -0.25) is 4.90 Å². The summed E-state index contributed by atoms with van der Waals surface area (Å²) in [6.45, 7) is 3.37. The van der Waals surface area contributed by atoms with E-state index >= 15 is 0 Å². The van der Waals surface area contributed by atoms with E-state index < -0.39 is 0 Å². The van der Waals surface area contributed by atoms with Gasteiger partial charge >= 0.3 is 0 Å². The highest BCUT2D eigenvalue weighted by molar-refractivity contribution is 4.99. The second kappa shape index (κ2) is 5.89. The molecule has 0 spiro atoms. The van der Waals surface area contributed by atoms with Crippen molar-refractivity contribution in [2.75, 3.05) is 13.1 Å². The van der Waals surface area contributed by atoms with Crippen LogP contribution in [0.15, 0.2) is 22.8 Å². The number of hydrogen-bond donors (Lipinski definition) is 1. The molecular weight excluding hydrogens is 224 g/mol. The van der Waals surface area contributed by atoms with Crippen molar-refractivity contribution in [3.05, 3.63) is 24.2 Å². The Morgan fingerprint density at radius 2 is 2.11 bits per heavy atom. The molecule has 0 radical (unpaired) electrons. The van der Waals surface area contributed by atoms with Gasteiger partial charge in [0, 0.05) is 18.6 Å². The van der Waals surface area contributed by atoms with Gasteiger partial charge in [-0.2, -0.15) is 0 Å². The molecule has 1 N–H and O–H groups in total. The van der Waals surface area contributed by atoms with E-state index in [0.717, 1.165) is 18.3 Å². The van der Waals surface area contributed by atoms with Crippen molar-refractivity contribution >= 4 is 0 Å². The maximum Gasteiger partial charge on any atom is 0.117 e. The fraction of sp³-hybridized carbons (Fsp3) is 0.733. The predicted octanol–water partition coefficient (Wildman–Crippen LogP) is 2.78. The van der Waals surface area contributed by atoms with Crippen molar-refractivity contribution in [2.45, 2.75) is 57.2 Å². The molecule has 1 aromatic rings. The summed E-state index contributed by atoms with van der Waals surface area (Å²) in [6, 6.07) is 5.57. The van der Waals surface area contributed by atoms with Crippen LogP contribution in [0.2, 0.25) is 0 Å². The molecule has 3 nitrogen and oxygen atoms in total. The first-order valence-corrected chi connectivity index (χ1v) is 7.41. The van der Waals surface area contributed by atoms with Crippen LogP contribution in [0.1, 0.15) is 44.3 Å². The highest BCUT2D eigenvalue weighted by Gasteiger charge is 2.26. The average Bonchev–Trinajstić information content (AvgIpc) is 3.13. The molecule has 1 atom stereocenters. The van der Waals surface area contributed by atoms with Gasteiger partial charge in [0.05, 0.1) is 12.8 Å². The normalized spacial score (nSPS) is 25.3. The number of furan rings is 1. The summed E-state index contributed by atoms with van der Waals surface area (Å²) in [4.78, 5) is 2.65. The molecule has 1 aliphatic heterocycles. The van der Waals surface area contributed by atoms with E-state index in [9.17, 15) is 0 Å². The second-order valence-corrected chi connectivity index (χ2v) is 5.74. The zero-order valence-corrected chi connectivity index (χ0v) is 11.1. The first kappa shape index (κ1) is 12.2. The SMILES string of the molecule is c1coc(CN(C[C@H]2CCCN2)C2CCCC2)c1. The third-order valence-electron chi connectivity index (χ3n) is 4.40. The molecule has 100 valence electrons. The molecule has 3 heteroatoms. The molecule has 0 bridgehead atoms. The Balaban J connectivity index is 1.62. The predicted molar refractivity (Wildman–Crippen MR) is 72.4 cm³/mol. The van der Waals surface area contributed by atoms with Crippen molar-refractivity contribution in [3.8, 4) is 0 Å². The molecule has 1 aromatic heterocycles. The zero-order chi connectivity index (χ0) is 12.2. The molecule has 1 aliphatic carbocycles. The molecule has 0 unspecified atom stereocenters. The zero-order valence-electron chi connectivity index (χ0n) is 11.1. The minimum Gasteiger partial charge on any atom is -0.468 e. The van der Waals surface area contributed by atoms with Crippen molar-refractivity contribution < 1.29 is 4.42 Å². The van der Waals surface area contributed by atoms with Gasteiger partial charge in [0.2, 0.25) is 0 Å². The summed E-state index contributed by atoms with van der Waals surface area (Å²) in [5, 5.41) is 3.62. The Hall–Kier alpha value is -0.800. The van der Waals surface area contributed by atoms with Gasteiger partial charge < -0.3 is 9.73 Å². The fourth-order valence-corrected chi connectivity index (χ4v) is 3.41. The van der Waals surface area contributed by atoms with Crippen LogP contribution in [-0.2, 0) is 6.54 Å². The van der Waals surface area contributed by atoms with Gasteiger partial charge in [-0.25, -0.2) is 0 Å². The Kier molecular flexibility index (Phi) is 4.01. The van der Waals surface area contributed by atoms with Gasteiger partial charge in [0.1, 0.15) is 5.76 Å². The lowest BCUT2D eigenvalue weighted by Crippen LogP contribution is -2.41. The molecule has 2 fully saturated rings. The first-order chi connectivity index (χ1) is 8.92. The molecule has 3 rings (SSSR count). The van der Waals surface area contributed by atoms with Gasteiger partial charge in [0.25, 0.3) is 0 Å². The molecular formula is C15H24N2O. The number of nitrogens with zero attached hydrogens (tertiary/aromatic N) is 1. The summed E-state index contributed by atoms with van der Waals surface area (Å²) in [6.07, 6.45) is 10.00. The van der Waals surface area contributed by atoms with Crippen molar-refractivity contribution in [1.82, 2.24) is 10.2 Å². The minimum atomic E-state index is 0.695. The molecule has 18 heavy (non-hydrogen) atoms. The lowest BCUT2D eigenvalue weighted by molar-refractivity contribution is 0.161. The largest absolute Gasteiger partial charge is 0.468 e. The van der Waals surface area contributed by atoms with E-state index in [1.54, 1.807) is 6.26 Å². The highest BCUT2D eigenvalue weighted by Crippen LogP contribution is 2.26. The van der Waals surface area contributed by atoms with Crippen molar-refractivity contribution in [2.24, 2.45) is 0 Å². The third kappa shape index (κ3) is 2.96. The number of nitrogens with one attached hydrogen (secondary N) is 1. The first-order valence-electron chi connectivity index (χ1n) is 7.41.